The van der Waals surface area contributed by atoms with Crippen LogP contribution in [0.4, 0.5) is 4.79 Å². The summed E-state index contributed by atoms with van der Waals surface area (Å²) < 4.78 is 7.86. The van der Waals surface area contributed by atoms with E-state index in [1.807, 2.05) is 35.0 Å². The van der Waals surface area contributed by atoms with Crippen LogP contribution in [0.25, 0.3) is 22.3 Å². The first-order chi connectivity index (χ1) is 15.2. The molecule has 5 rings (SSSR count). The number of aromatic amines is 1. The van der Waals surface area contributed by atoms with Gasteiger partial charge in [0.1, 0.15) is 0 Å². The number of amides is 3. The molecule has 1 aliphatic heterocycles. The number of fused-ring (bicyclic) bond motifs is 1. The third kappa shape index (κ3) is 4.59. The number of H-pyrrole nitrogens is 1. The van der Waals surface area contributed by atoms with Crippen LogP contribution in [0.2, 0.25) is 0 Å². The first kappa shape index (κ1) is 20.1. The van der Waals surface area contributed by atoms with Crippen LogP contribution in [0.1, 0.15) is 25.7 Å². The summed E-state index contributed by atoms with van der Waals surface area (Å²) in [6.07, 6.45) is 5.99. The fraction of sp³-hybridized carbons (Fsp3) is 0.429. The van der Waals surface area contributed by atoms with E-state index in [0.717, 1.165) is 54.6 Å². The zero-order valence-electron chi connectivity index (χ0n) is 17.0. The predicted molar refractivity (Wildman–Crippen MR) is 117 cm³/mol. The molecule has 10 heteroatoms. The minimum absolute atomic E-state index is 0.0790. The zero-order valence-corrected chi connectivity index (χ0v) is 17.8. The second-order valence-electron chi connectivity index (χ2n) is 7.88. The second-order valence-corrected chi connectivity index (χ2v) is 8.83. The fourth-order valence-corrected chi connectivity index (χ4v) is 4.50. The van der Waals surface area contributed by atoms with Crippen molar-refractivity contribution in [1.29, 1.82) is 0 Å². The number of thioether (sulfide) groups is 1. The number of carbonyl (C=O) groups is 2. The van der Waals surface area contributed by atoms with Crippen LogP contribution < -0.4 is 10.6 Å². The minimum atomic E-state index is -0.437. The van der Waals surface area contributed by atoms with E-state index < -0.39 is 6.03 Å². The van der Waals surface area contributed by atoms with E-state index in [2.05, 4.69) is 25.8 Å². The Bertz CT molecular complexity index is 1100. The van der Waals surface area contributed by atoms with Crippen molar-refractivity contribution in [3.05, 3.63) is 30.5 Å². The van der Waals surface area contributed by atoms with Gasteiger partial charge in [-0.15, -0.1) is 10.2 Å². The standard InChI is InChI=1S/C21H24N6O3S/c28-18(24-20(29)23-13-7-8-13)12-31-21-26-25-19(27(21)11-14-4-3-9-30-14)16-10-22-17-6-2-1-5-15(16)17/h1-2,5-6,10,13-14,22H,3-4,7-9,11-12H2,(H2,23,24,28,29). The third-order valence-corrected chi connectivity index (χ3v) is 6.42. The third-order valence-electron chi connectivity index (χ3n) is 5.46. The van der Waals surface area contributed by atoms with Crippen LogP contribution >= 0.6 is 11.8 Å². The molecule has 2 aliphatic rings. The molecule has 0 bridgehead atoms. The highest BCUT2D eigenvalue weighted by atomic mass is 32.2. The molecule has 9 nitrogen and oxygen atoms in total. The zero-order chi connectivity index (χ0) is 21.2. The predicted octanol–water partition coefficient (Wildman–Crippen LogP) is 2.69. The molecule has 0 spiro atoms. The average molecular weight is 441 g/mol. The highest BCUT2D eigenvalue weighted by Crippen LogP contribution is 2.31. The molecule has 2 aromatic heterocycles. The molecule has 3 heterocycles. The normalized spacial score (nSPS) is 18.4. The number of para-hydroxylation sites is 1. The number of nitrogens with zero attached hydrogens (tertiary/aromatic N) is 3. The molecule has 3 amide bonds. The molecule has 3 N–H and O–H groups in total. The maximum atomic E-state index is 12.2. The summed E-state index contributed by atoms with van der Waals surface area (Å²) in [6, 6.07) is 7.81. The van der Waals surface area contributed by atoms with E-state index in [1.165, 1.54) is 11.8 Å². The van der Waals surface area contributed by atoms with Crippen molar-refractivity contribution < 1.29 is 14.3 Å². The topological polar surface area (TPSA) is 114 Å². The van der Waals surface area contributed by atoms with E-state index in [1.54, 1.807) is 0 Å². The summed E-state index contributed by atoms with van der Waals surface area (Å²) in [5.74, 6) is 0.459. The molecule has 1 aliphatic carbocycles. The number of carbonyl (C=O) groups excluding carboxylic acids is 2. The number of benzene rings is 1. The Hall–Kier alpha value is -2.85. The SMILES string of the molecule is O=C(CSc1nnc(-c2c[nH]c3ccccc23)n1CC1CCCO1)NC(=O)NC1CC1. The summed E-state index contributed by atoms with van der Waals surface area (Å²) in [7, 11) is 0. The maximum absolute atomic E-state index is 12.2. The van der Waals surface area contributed by atoms with Gasteiger partial charge in [0, 0.05) is 35.3 Å². The highest BCUT2D eigenvalue weighted by molar-refractivity contribution is 7.99. The Morgan fingerprint density at radius 2 is 2.10 bits per heavy atom. The van der Waals surface area contributed by atoms with Crippen LogP contribution in [-0.4, -0.2) is 56.2 Å². The Morgan fingerprint density at radius 1 is 1.23 bits per heavy atom. The lowest BCUT2D eigenvalue weighted by Gasteiger charge is -2.14. The van der Waals surface area contributed by atoms with Crippen molar-refractivity contribution in [2.24, 2.45) is 0 Å². The lowest BCUT2D eigenvalue weighted by molar-refractivity contribution is -0.117. The van der Waals surface area contributed by atoms with Crippen LogP contribution in [0.5, 0.6) is 0 Å². The number of ether oxygens (including phenoxy) is 1. The lowest BCUT2D eigenvalue weighted by atomic mass is 10.1. The maximum Gasteiger partial charge on any atom is 0.321 e. The van der Waals surface area contributed by atoms with E-state index in [0.29, 0.717) is 11.7 Å². The second kappa shape index (κ2) is 8.72. The molecular formula is C21H24N6O3S. The van der Waals surface area contributed by atoms with E-state index in [9.17, 15) is 9.59 Å². The Balaban J connectivity index is 1.35. The monoisotopic (exact) mass is 440 g/mol. The molecule has 0 radical (unpaired) electrons. The van der Waals surface area contributed by atoms with Crippen molar-refractivity contribution >= 4 is 34.6 Å². The number of imide groups is 1. The van der Waals surface area contributed by atoms with Gasteiger partial charge < -0.3 is 15.0 Å². The first-order valence-corrected chi connectivity index (χ1v) is 11.5. The molecule has 1 saturated heterocycles. The van der Waals surface area contributed by atoms with E-state index >= 15 is 0 Å². The van der Waals surface area contributed by atoms with Gasteiger partial charge in [0.15, 0.2) is 11.0 Å². The van der Waals surface area contributed by atoms with Crippen LogP contribution in [0.15, 0.2) is 35.6 Å². The summed E-state index contributed by atoms with van der Waals surface area (Å²) in [6.45, 7) is 1.38. The van der Waals surface area contributed by atoms with Gasteiger partial charge in [-0.05, 0) is 31.7 Å². The summed E-state index contributed by atoms with van der Waals surface area (Å²) in [5, 5.41) is 15.6. The van der Waals surface area contributed by atoms with E-state index in [-0.39, 0.29) is 23.8 Å². The number of hydrogen-bond acceptors (Lipinski definition) is 6. The average Bonchev–Trinajstić information content (AvgIpc) is 3.16. The summed E-state index contributed by atoms with van der Waals surface area (Å²) in [5.41, 5.74) is 1.99. The quantitative estimate of drug-likeness (QED) is 0.487. The molecule has 2 fully saturated rings. The molecular weight excluding hydrogens is 416 g/mol. The lowest BCUT2D eigenvalue weighted by Crippen LogP contribution is -2.41. The Kier molecular flexibility index (Phi) is 5.65. The Morgan fingerprint density at radius 3 is 2.90 bits per heavy atom. The van der Waals surface area contributed by atoms with Crippen molar-refractivity contribution in [2.45, 2.75) is 49.5 Å². The molecule has 31 heavy (non-hydrogen) atoms. The first-order valence-electron chi connectivity index (χ1n) is 10.5. The smallest absolute Gasteiger partial charge is 0.321 e. The molecule has 1 saturated carbocycles. The van der Waals surface area contributed by atoms with E-state index in [4.69, 9.17) is 4.74 Å². The van der Waals surface area contributed by atoms with Crippen LogP contribution in [0.3, 0.4) is 0 Å². The molecule has 1 atom stereocenters. The van der Waals surface area contributed by atoms with Crippen molar-refractivity contribution in [3.63, 3.8) is 0 Å². The minimum Gasteiger partial charge on any atom is -0.376 e. The Labute approximate surface area is 183 Å². The van der Waals surface area contributed by atoms with Crippen molar-refractivity contribution in [1.82, 2.24) is 30.4 Å². The van der Waals surface area contributed by atoms with Crippen molar-refractivity contribution in [2.75, 3.05) is 12.4 Å². The van der Waals surface area contributed by atoms with Gasteiger partial charge in [-0.1, -0.05) is 30.0 Å². The summed E-state index contributed by atoms with van der Waals surface area (Å²) >= 11 is 1.27. The van der Waals surface area contributed by atoms with Gasteiger partial charge in [-0.2, -0.15) is 0 Å². The molecule has 3 aromatic rings. The molecule has 162 valence electrons. The largest absolute Gasteiger partial charge is 0.376 e. The molecule has 1 aromatic carbocycles. The van der Waals surface area contributed by atoms with Crippen LogP contribution in [0, 0.1) is 0 Å². The van der Waals surface area contributed by atoms with Gasteiger partial charge >= 0.3 is 6.03 Å². The highest BCUT2D eigenvalue weighted by Gasteiger charge is 2.25. The van der Waals surface area contributed by atoms with Crippen LogP contribution in [-0.2, 0) is 16.1 Å². The van der Waals surface area contributed by atoms with Gasteiger partial charge in [0.05, 0.1) is 18.4 Å². The van der Waals surface area contributed by atoms with Crippen molar-refractivity contribution in [3.8, 4) is 11.4 Å². The van der Waals surface area contributed by atoms with Gasteiger partial charge in [0.2, 0.25) is 5.91 Å². The number of rotatable bonds is 7. The summed E-state index contributed by atoms with van der Waals surface area (Å²) in [4.78, 5) is 27.3. The van der Waals surface area contributed by atoms with Gasteiger partial charge in [-0.25, -0.2) is 4.79 Å². The van der Waals surface area contributed by atoms with Gasteiger partial charge in [-0.3, -0.25) is 14.7 Å². The number of urea groups is 1. The number of aromatic nitrogens is 4. The fourth-order valence-electron chi connectivity index (χ4n) is 3.75. The molecule has 1 unspecified atom stereocenters. The van der Waals surface area contributed by atoms with Gasteiger partial charge in [0.25, 0.3) is 0 Å². The number of nitrogens with one attached hydrogen (secondary N) is 3. The number of hydrogen-bond donors (Lipinski definition) is 3.